The van der Waals surface area contributed by atoms with Crippen molar-refractivity contribution in [3.63, 3.8) is 0 Å². The van der Waals surface area contributed by atoms with Crippen LogP contribution in [-0.4, -0.2) is 137 Å². The van der Waals surface area contributed by atoms with E-state index in [-0.39, 0.29) is 109 Å². The van der Waals surface area contributed by atoms with Gasteiger partial charge in [-0.3, -0.25) is 24.0 Å². The molecule has 542 valence electrons. The molecular weight excluding hydrogens is 1220 g/mol. The van der Waals surface area contributed by atoms with E-state index < -0.39 is 29.7 Å². The zero-order chi connectivity index (χ0) is 69.1. The number of rotatable bonds is 23. The van der Waals surface area contributed by atoms with Gasteiger partial charge in [-0.15, -0.1) is 11.6 Å². The van der Waals surface area contributed by atoms with Crippen LogP contribution in [0.4, 0.5) is 0 Å². The molecule has 0 spiro atoms. The van der Waals surface area contributed by atoms with Crippen LogP contribution in [0.15, 0.2) is 24.3 Å². The van der Waals surface area contributed by atoms with Gasteiger partial charge in [0.1, 0.15) is 0 Å². The minimum absolute atomic E-state index is 0.00647. The maximum absolute atomic E-state index is 12.0. The average molecular weight is 1350 g/mol. The summed E-state index contributed by atoms with van der Waals surface area (Å²) >= 11 is 5.62. The van der Waals surface area contributed by atoms with Crippen molar-refractivity contribution in [2.75, 3.05) is 5.88 Å². The Labute approximate surface area is 570 Å². The van der Waals surface area contributed by atoms with Gasteiger partial charge in [0.25, 0.3) is 0 Å². The summed E-state index contributed by atoms with van der Waals surface area (Å²) in [4.78, 5) is 57.4. The second-order valence-electron chi connectivity index (χ2n) is 28.9. The maximum Gasteiger partial charge on any atom is 0.310 e. The summed E-state index contributed by atoms with van der Waals surface area (Å²) in [6.07, 6.45) is 38.0. The van der Waals surface area contributed by atoms with E-state index in [1.165, 1.54) is 44.9 Å². The highest BCUT2D eigenvalue weighted by Crippen LogP contribution is 2.52. The van der Waals surface area contributed by atoms with Crippen molar-refractivity contribution in [1.29, 1.82) is 0 Å². The minimum atomic E-state index is -0.882. The third-order valence-electron chi connectivity index (χ3n) is 21.1. The molecule has 22 unspecified atom stereocenters. The topological polar surface area (TPSA) is 238 Å². The van der Waals surface area contributed by atoms with Crippen molar-refractivity contribution >= 4 is 41.4 Å². The summed E-state index contributed by atoms with van der Waals surface area (Å²) < 4.78 is 57.2. The Hall–Kier alpha value is -3.20. The van der Waals surface area contributed by atoms with Crippen LogP contribution >= 0.6 is 11.6 Å². The number of carbonyl (C=O) groups excluding carboxylic acids is 2. The van der Waals surface area contributed by atoms with Crippen LogP contribution in [-0.2, 0) is 71.3 Å². The zero-order valence-corrected chi connectivity index (χ0v) is 60.7. The van der Waals surface area contributed by atoms with Crippen molar-refractivity contribution in [2.45, 2.75) is 356 Å². The predicted octanol–water partition coefficient (Wildman–Crippen LogP) is 16.6. The van der Waals surface area contributed by atoms with Gasteiger partial charge in [-0.25, -0.2) is 0 Å². The summed E-state index contributed by atoms with van der Waals surface area (Å²) in [6.45, 7) is 26.9. The van der Waals surface area contributed by atoms with E-state index in [4.69, 9.17) is 64.1 Å². The quantitative estimate of drug-likeness (QED) is 0.0489. The number of allylic oxidation sites excluding steroid dienone is 4. The monoisotopic (exact) mass is 1350 g/mol. The lowest BCUT2D eigenvalue weighted by Gasteiger charge is -2.40. The molecule has 10 rings (SSSR count). The van der Waals surface area contributed by atoms with E-state index in [1.54, 1.807) is 0 Å². The van der Waals surface area contributed by atoms with E-state index in [0.29, 0.717) is 54.3 Å². The van der Waals surface area contributed by atoms with Gasteiger partial charge < -0.3 is 62.7 Å². The number of carboxylic acids is 3. The molecule has 4 bridgehead atoms. The third kappa shape index (κ3) is 26.1. The summed E-state index contributed by atoms with van der Waals surface area (Å²) in [5, 5.41) is 27.6. The van der Waals surface area contributed by atoms with E-state index >= 15 is 0 Å². The van der Waals surface area contributed by atoms with Gasteiger partial charge >= 0.3 is 29.8 Å². The van der Waals surface area contributed by atoms with Gasteiger partial charge in [-0.05, 0) is 199 Å². The maximum atomic E-state index is 12.0. The van der Waals surface area contributed by atoms with Gasteiger partial charge in [0, 0.05) is 17.7 Å². The molecule has 22 atom stereocenters. The number of esters is 2. The molecule has 6 aliphatic carbocycles. The molecule has 19 heteroatoms. The summed E-state index contributed by atoms with van der Waals surface area (Å²) in [6, 6.07) is 0. The summed E-state index contributed by atoms with van der Waals surface area (Å²) in [5.41, 5.74) is -0.351. The van der Waals surface area contributed by atoms with E-state index in [0.717, 1.165) is 122 Å². The van der Waals surface area contributed by atoms with Crippen LogP contribution in [0, 0.1) is 58.7 Å². The number of hydrogen-bond acceptors (Lipinski definition) is 15. The van der Waals surface area contributed by atoms with Crippen LogP contribution in [0.5, 0.6) is 0 Å². The first kappa shape index (κ1) is 81.5. The first-order valence-electron chi connectivity index (χ1n) is 37.2. The van der Waals surface area contributed by atoms with E-state index in [1.807, 2.05) is 39.8 Å². The molecule has 94 heavy (non-hydrogen) atoms. The van der Waals surface area contributed by atoms with Crippen LogP contribution < -0.4 is 0 Å². The summed E-state index contributed by atoms with van der Waals surface area (Å²) in [5.74, 6) is -2.57. The van der Waals surface area contributed by atoms with Crippen molar-refractivity contribution in [3.05, 3.63) is 24.3 Å². The van der Waals surface area contributed by atoms with Crippen LogP contribution in [0.3, 0.4) is 0 Å². The number of alkyl halides is 1. The molecule has 3 N–H and O–H groups in total. The Balaban J connectivity index is 0.000000205. The highest BCUT2D eigenvalue weighted by Gasteiger charge is 2.55. The highest BCUT2D eigenvalue weighted by molar-refractivity contribution is 6.17. The highest BCUT2D eigenvalue weighted by atomic mass is 35.5. The van der Waals surface area contributed by atoms with E-state index in [2.05, 4.69) is 74.5 Å². The molecule has 4 saturated carbocycles. The number of carbonyl (C=O) groups is 5. The van der Waals surface area contributed by atoms with Crippen LogP contribution in [0.25, 0.3) is 0 Å². The molecule has 0 aromatic carbocycles. The fourth-order valence-corrected chi connectivity index (χ4v) is 15.7. The number of fused-ring (bicyclic) bond motifs is 4. The van der Waals surface area contributed by atoms with Crippen molar-refractivity contribution in [1.82, 2.24) is 0 Å². The molecule has 4 saturated heterocycles. The Morgan fingerprint density at radius 1 is 0.500 bits per heavy atom. The lowest BCUT2D eigenvalue weighted by atomic mass is 9.79. The lowest BCUT2D eigenvalue weighted by Crippen LogP contribution is -2.46. The number of halogens is 1. The molecule has 8 fully saturated rings. The van der Waals surface area contributed by atoms with Crippen molar-refractivity contribution in [3.8, 4) is 0 Å². The van der Waals surface area contributed by atoms with Gasteiger partial charge in [-0.1, -0.05) is 111 Å². The molecule has 10 aliphatic rings. The number of carboxylic acid groups (broad SMARTS) is 3. The minimum Gasteiger partial charge on any atom is -0.481 e. The average Bonchev–Trinajstić information content (AvgIpc) is 1.62. The molecular formula is C75H127ClO18. The number of ether oxygens (including phenoxy) is 10. The normalized spacial score (nSPS) is 35.8. The molecule has 0 aromatic rings. The Kier molecular flexibility index (Phi) is 36.4. The second-order valence-corrected chi connectivity index (χ2v) is 29.3. The Morgan fingerprint density at radius 2 is 0.936 bits per heavy atom. The standard InChI is InChI=1S/C15H22O4.C13H18O4.C13H22O4.C13H24O2.C11H22O2.C10H19ClO2/c1-3-11-6-8(2)18-15(19-11)13-10-5-4-9(7-10)12(13)14(16)17;1-3-7(2)17-13(16)11-9-5-4-8(6-9)10(11)12(14)15;1-3-10(2)17-12(16)9-13(8-11(14)15)6-4-5-7-13;1-3-12-9-10(2)14-13(15-12)11-7-5-4-6-8-11;1-4-6-7-11-12-9(3)8-10(5-2)13-11;1-3-9-7-8(2)12-10(13-9)5-4-6-11/h4-5,8-13,15H,3,6-7H2,1-2H3,(H,16,17);4-5,7-11H,3,6H2,1-2H3,(H,14,15);10H,3-9H2,1-2H3,(H,14,15);10-13H,3-9H2,1-2H3;9-11H,4-8H2,1-3H3;8-10H,3-7H2,1-2H3. The van der Waals surface area contributed by atoms with Crippen LogP contribution in [0.2, 0.25) is 0 Å². The van der Waals surface area contributed by atoms with Crippen LogP contribution in [0.1, 0.15) is 270 Å². The molecule has 4 heterocycles. The SMILES string of the molecule is CCC(C)OC(=O)C1C2C=CC(C2)C1C(=O)O.CCC(C)OC(=O)CC1(CC(=O)O)CCCC1.CCC1CC(C)OC(C2C3C=CC(C3)C2C(=O)O)O1.CCC1CC(C)OC(C2CCCCC2)O1.CCC1CC(C)OC(CCCCl)O1.CCCCC1OC(C)CC(CC)O1. The predicted molar refractivity (Wildman–Crippen MR) is 363 cm³/mol. The summed E-state index contributed by atoms with van der Waals surface area (Å²) in [7, 11) is 0. The van der Waals surface area contributed by atoms with Gasteiger partial charge in [0.15, 0.2) is 25.2 Å². The molecule has 0 radical (unpaired) electrons. The first-order valence-corrected chi connectivity index (χ1v) is 37.7. The second kappa shape index (κ2) is 42.0. The zero-order valence-electron chi connectivity index (χ0n) is 59.9. The van der Waals surface area contributed by atoms with E-state index in [9.17, 15) is 34.2 Å². The van der Waals surface area contributed by atoms with Crippen molar-refractivity contribution < 1.29 is 86.7 Å². The Bertz CT molecular complexity index is 2240. The largest absolute Gasteiger partial charge is 0.481 e. The fraction of sp³-hybridized carbons (Fsp3) is 0.880. The van der Waals surface area contributed by atoms with Gasteiger partial charge in [0.2, 0.25) is 0 Å². The molecule has 0 aromatic heterocycles. The first-order chi connectivity index (χ1) is 44.9. The number of aliphatic carboxylic acids is 3. The lowest BCUT2D eigenvalue weighted by molar-refractivity contribution is -0.268. The van der Waals surface area contributed by atoms with Gasteiger partial charge in [0.05, 0.1) is 91.6 Å². The smallest absolute Gasteiger partial charge is 0.310 e. The third-order valence-corrected chi connectivity index (χ3v) is 21.4. The van der Waals surface area contributed by atoms with Gasteiger partial charge in [-0.2, -0.15) is 0 Å². The number of hydrogen-bond donors (Lipinski definition) is 3. The molecule has 4 aliphatic heterocycles. The van der Waals surface area contributed by atoms with Crippen molar-refractivity contribution in [2.24, 2.45) is 58.7 Å². The Morgan fingerprint density at radius 3 is 1.41 bits per heavy atom. The molecule has 0 amide bonds. The molecule has 18 nitrogen and oxygen atoms in total. The fourth-order valence-electron chi connectivity index (χ4n) is 15.5. The number of unbranched alkanes of at least 4 members (excludes halogenated alkanes) is 1.